The van der Waals surface area contributed by atoms with Crippen molar-refractivity contribution in [3.05, 3.63) is 41.5 Å². The van der Waals surface area contributed by atoms with Crippen LogP contribution < -0.4 is 0 Å². The van der Waals surface area contributed by atoms with Crippen LogP contribution in [-0.2, 0) is 14.3 Å². The fourth-order valence-electron chi connectivity index (χ4n) is 1.34. The lowest BCUT2D eigenvalue weighted by Gasteiger charge is -2.08. The Kier molecular flexibility index (Phi) is 5.31. The van der Waals surface area contributed by atoms with E-state index in [0.717, 1.165) is 5.56 Å². The molecule has 0 bridgehead atoms. The minimum Gasteiger partial charge on any atom is -0.462 e. The predicted octanol–water partition coefficient (Wildman–Crippen LogP) is 2.86. The van der Waals surface area contributed by atoms with E-state index in [-0.39, 0.29) is 17.3 Å². The summed E-state index contributed by atoms with van der Waals surface area (Å²) in [5.74, 6) is -0.591. The van der Waals surface area contributed by atoms with Gasteiger partial charge in [0.05, 0.1) is 6.61 Å². The molecule has 3 heteroatoms. The van der Waals surface area contributed by atoms with Crippen LogP contribution in [0.5, 0.6) is 0 Å². The van der Waals surface area contributed by atoms with Gasteiger partial charge in [0.2, 0.25) is 0 Å². The van der Waals surface area contributed by atoms with Gasteiger partial charge in [0, 0.05) is 0 Å². The molecule has 0 heterocycles. The Balaban J connectivity index is 2.86. The second-order valence-corrected chi connectivity index (χ2v) is 4.52. The van der Waals surface area contributed by atoms with Crippen LogP contribution in [0.15, 0.2) is 35.9 Å². The molecule has 18 heavy (non-hydrogen) atoms. The van der Waals surface area contributed by atoms with Gasteiger partial charge in [-0.2, -0.15) is 0 Å². The van der Waals surface area contributed by atoms with Gasteiger partial charge in [-0.3, -0.25) is 4.79 Å². The van der Waals surface area contributed by atoms with Gasteiger partial charge in [0.15, 0.2) is 5.78 Å². The smallest absolute Gasteiger partial charge is 0.341 e. The van der Waals surface area contributed by atoms with Gasteiger partial charge in [0.25, 0.3) is 0 Å². The lowest BCUT2D eigenvalue weighted by atomic mass is 10.1. The third-order valence-corrected chi connectivity index (χ3v) is 2.26. The van der Waals surface area contributed by atoms with Gasteiger partial charge in [-0.05, 0) is 24.5 Å². The summed E-state index contributed by atoms with van der Waals surface area (Å²) in [5, 5.41) is 0. The van der Waals surface area contributed by atoms with Gasteiger partial charge in [-0.25, -0.2) is 4.79 Å². The number of Topliss-reactive ketones (excluding diaryl/α,β-unsaturated/α-hetero) is 1. The van der Waals surface area contributed by atoms with E-state index >= 15 is 0 Å². The van der Waals surface area contributed by atoms with Crippen LogP contribution >= 0.6 is 0 Å². The average Bonchev–Trinajstić information content (AvgIpc) is 2.34. The molecule has 1 aromatic rings. The highest BCUT2D eigenvalue weighted by Crippen LogP contribution is 2.10. The SMILES string of the molecule is CC(=O)C(=Cc1ccccc1)C(=O)OCC(C)C. The van der Waals surface area contributed by atoms with Crippen LogP contribution in [0.3, 0.4) is 0 Å². The minimum absolute atomic E-state index is 0.0850. The molecule has 0 saturated heterocycles. The molecule has 1 aromatic carbocycles. The first kappa shape index (κ1) is 14.2. The molecule has 1 rings (SSSR count). The molecule has 0 spiro atoms. The van der Waals surface area contributed by atoms with E-state index in [0.29, 0.717) is 6.61 Å². The van der Waals surface area contributed by atoms with Crippen LogP contribution in [-0.4, -0.2) is 18.4 Å². The zero-order valence-corrected chi connectivity index (χ0v) is 11.0. The molecule has 0 radical (unpaired) electrons. The number of rotatable bonds is 5. The van der Waals surface area contributed by atoms with Crippen LogP contribution in [0, 0.1) is 5.92 Å². The van der Waals surface area contributed by atoms with E-state index in [4.69, 9.17) is 4.74 Å². The van der Waals surface area contributed by atoms with Crippen LogP contribution in [0.1, 0.15) is 26.3 Å². The Labute approximate surface area is 107 Å². The maximum absolute atomic E-state index is 11.8. The molecule has 96 valence electrons. The normalized spacial score (nSPS) is 11.4. The third kappa shape index (κ3) is 4.53. The molecule has 3 nitrogen and oxygen atoms in total. The van der Waals surface area contributed by atoms with Crippen molar-refractivity contribution in [3.8, 4) is 0 Å². The van der Waals surface area contributed by atoms with Crippen molar-refractivity contribution in [1.29, 1.82) is 0 Å². The molecule has 0 unspecified atom stereocenters. The number of carbonyl (C=O) groups is 2. The van der Waals surface area contributed by atoms with Crippen molar-refractivity contribution >= 4 is 17.8 Å². The summed E-state index contributed by atoms with van der Waals surface area (Å²) in [6.45, 7) is 5.58. The largest absolute Gasteiger partial charge is 0.462 e. The maximum Gasteiger partial charge on any atom is 0.341 e. The summed E-state index contributed by atoms with van der Waals surface area (Å²) in [6, 6.07) is 9.24. The van der Waals surface area contributed by atoms with E-state index in [1.165, 1.54) is 6.92 Å². The number of ether oxygens (including phenoxy) is 1. The van der Waals surface area contributed by atoms with Gasteiger partial charge < -0.3 is 4.74 Å². The fourth-order valence-corrected chi connectivity index (χ4v) is 1.34. The Bertz CT molecular complexity index is 444. The monoisotopic (exact) mass is 246 g/mol. The maximum atomic E-state index is 11.8. The van der Waals surface area contributed by atoms with Crippen molar-refractivity contribution in [2.24, 2.45) is 5.92 Å². The summed E-state index contributed by atoms with van der Waals surface area (Å²) in [5.41, 5.74) is 0.894. The van der Waals surface area contributed by atoms with E-state index in [1.54, 1.807) is 6.08 Å². The van der Waals surface area contributed by atoms with Gasteiger partial charge in [0.1, 0.15) is 5.57 Å². The van der Waals surface area contributed by atoms with E-state index < -0.39 is 5.97 Å². The summed E-state index contributed by atoms with van der Waals surface area (Å²) >= 11 is 0. The van der Waals surface area contributed by atoms with Crippen molar-refractivity contribution in [1.82, 2.24) is 0 Å². The molecule has 0 amide bonds. The Morgan fingerprint density at radius 1 is 1.22 bits per heavy atom. The first-order valence-corrected chi connectivity index (χ1v) is 5.95. The highest BCUT2D eigenvalue weighted by Gasteiger charge is 2.16. The topological polar surface area (TPSA) is 43.4 Å². The van der Waals surface area contributed by atoms with Crippen LogP contribution in [0.2, 0.25) is 0 Å². The molecule has 0 saturated carbocycles. The molecule has 0 aliphatic heterocycles. The zero-order valence-electron chi connectivity index (χ0n) is 11.0. The zero-order chi connectivity index (χ0) is 13.5. The fraction of sp³-hybridized carbons (Fsp3) is 0.333. The number of benzene rings is 1. The second-order valence-electron chi connectivity index (χ2n) is 4.52. The minimum atomic E-state index is -0.556. The van der Waals surface area contributed by atoms with Crippen molar-refractivity contribution in [3.63, 3.8) is 0 Å². The van der Waals surface area contributed by atoms with Crippen molar-refractivity contribution in [2.75, 3.05) is 6.61 Å². The van der Waals surface area contributed by atoms with E-state index in [2.05, 4.69) is 0 Å². The van der Waals surface area contributed by atoms with Crippen molar-refractivity contribution < 1.29 is 14.3 Å². The summed E-state index contributed by atoms with van der Waals surface area (Å²) < 4.78 is 5.07. The van der Waals surface area contributed by atoms with E-state index in [1.807, 2.05) is 44.2 Å². The molecule has 0 aliphatic rings. The molecular weight excluding hydrogens is 228 g/mol. The van der Waals surface area contributed by atoms with Gasteiger partial charge >= 0.3 is 5.97 Å². The van der Waals surface area contributed by atoms with Crippen LogP contribution in [0.4, 0.5) is 0 Å². The first-order valence-electron chi connectivity index (χ1n) is 5.95. The highest BCUT2D eigenvalue weighted by molar-refractivity contribution is 6.19. The van der Waals surface area contributed by atoms with E-state index in [9.17, 15) is 9.59 Å². The van der Waals surface area contributed by atoms with Crippen LogP contribution in [0.25, 0.3) is 6.08 Å². The number of esters is 1. The van der Waals surface area contributed by atoms with Gasteiger partial charge in [-0.15, -0.1) is 0 Å². The molecule has 0 atom stereocenters. The summed E-state index contributed by atoms with van der Waals surface area (Å²) in [7, 11) is 0. The molecule has 0 aliphatic carbocycles. The highest BCUT2D eigenvalue weighted by atomic mass is 16.5. The number of hydrogen-bond donors (Lipinski definition) is 0. The molecule has 0 N–H and O–H groups in total. The molecular formula is C15H18O3. The number of hydrogen-bond acceptors (Lipinski definition) is 3. The Hall–Kier alpha value is -1.90. The average molecular weight is 246 g/mol. The first-order chi connectivity index (χ1) is 8.50. The molecule has 0 aromatic heterocycles. The second kappa shape index (κ2) is 6.74. The quantitative estimate of drug-likeness (QED) is 0.347. The summed E-state index contributed by atoms with van der Waals surface area (Å²) in [6.07, 6.45) is 1.56. The Morgan fingerprint density at radius 2 is 1.83 bits per heavy atom. The lowest BCUT2D eigenvalue weighted by molar-refractivity contribution is -0.141. The predicted molar refractivity (Wildman–Crippen MR) is 70.9 cm³/mol. The van der Waals surface area contributed by atoms with Gasteiger partial charge in [-0.1, -0.05) is 44.2 Å². The summed E-state index contributed by atoms with van der Waals surface area (Å²) in [4.78, 5) is 23.2. The van der Waals surface area contributed by atoms with Crippen molar-refractivity contribution in [2.45, 2.75) is 20.8 Å². The standard InChI is InChI=1S/C15H18O3/c1-11(2)10-18-15(17)14(12(3)16)9-13-7-5-4-6-8-13/h4-9,11H,10H2,1-3H3. The lowest BCUT2D eigenvalue weighted by Crippen LogP contribution is -2.16. The number of ketones is 1. The number of carbonyl (C=O) groups excluding carboxylic acids is 2. The Morgan fingerprint density at radius 3 is 2.33 bits per heavy atom. The molecule has 0 fully saturated rings. The third-order valence-electron chi connectivity index (χ3n) is 2.26.